The minimum Gasteiger partial charge on any atom is -0.512 e. The molecular formula is C29H35FN2O5. The van der Waals surface area contributed by atoms with Crippen molar-refractivity contribution >= 4 is 17.5 Å². The highest BCUT2D eigenvalue weighted by Gasteiger charge is 2.36. The van der Waals surface area contributed by atoms with Gasteiger partial charge in [-0.15, -0.1) is 6.58 Å². The summed E-state index contributed by atoms with van der Waals surface area (Å²) in [5.74, 6) is -1.08. The number of halogens is 1. The van der Waals surface area contributed by atoms with Gasteiger partial charge in [-0.05, 0) is 65.8 Å². The maximum Gasteiger partial charge on any atom is 0.251 e. The molecular weight excluding hydrogens is 475 g/mol. The number of carbonyl (C=O) groups is 2. The van der Waals surface area contributed by atoms with Gasteiger partial charge in [-0.1, -0.05) is 39.0 Å². The Kier molecular flexibility index (Phi) is 8.76. The molecule has 0 aromatic heterocycles. The number of benzene rings is 2. The molecule has 3 N–H and O–H groups in total. The zero-order valence-electron chi connectivity index (χ0n) is 21.8. The van der Waals surface area contributed by atoms with Crippen molar-refractivity contribution in [2.75, 3.05) is 18.5 Å². The number of carbonyl (C=O) groups excluding carboxylic acids is 2. The number of fused-ring (bicyclic) bond motifs is 1. The fraction of sp³-hybridized carbons (Fsp3) is 0.379. The average molecular weight is 511 g/mol. The Morgan fingerprint density at radius 2 is 2.00 bits per heavy atom. The lowest BCUT2D eigenvalue weighted by atomic mass is 9.86. The van der Waals surface area contributed by atoms with Crippen LogP contribution in [0.4, 0.5) is 10.1 Å². The maximum atomic E-state index is 14.8. The number of aliphatic hydroxyl groups is 2. The van der Waals surface area contributed by atoms with Crippen LogP contribution in [0.25, 0.3) is 0 Å². The van der Waals surface area contributed by atoms with Gasteiger partial charge in [0, 0.05) is 12.2 Å². The highest BCUT2D eigenvalue weighted by atomic mass is 19.1. The number of ether oxygens (including phenoxy) is 1. The van der Waals surface area contributed by atoms with Crippen LogP contribution >= 0.6 is 0 Å². The van der Waals surface area contributed by atoms with Crippen LogP contribution in [0, 0.1) is 5.82 Å². The molecule has 0 spiro atoms. The molecule has 2 atom stereocenters. The summed E-state index contributed by atoms with van der Waals surface area (Å²) in [5, 5.41) is 22.6. The minimum absolute atomic E-state index is 0.230. The summed E-state index contributed by atoms with van der Waals surface area (Å²) in [6, 6.07) is 8.91. The molecule has 3 rings (SSSR count). The Labute approximate surface area is 217 Å². The van der Waals surface area contributed by atoms with Crippen LogP contribution in [-0.2, 0) is 21.4 Å². The first-order valence-corrected chi connectivity index (χ1v) is 12.3. The molecule has 2 aromatic rings. The van der Waals surface area contributed by atoms with Gasteiger partial charge < -0.3 is 25.2 Å². The van der Waals surface area contributed by atoms with Gasteiger partial charge in [0.1, 0.15) is 23.4 Å². The lowest BCUT2D eigenvalue weighted by Gasteiger charge is -2.36. The van der Waals surface area contributed by atoms with E-state index in [9.17, 15) is 24.2 Å². The van der Waals surface area contributed by atoms with Gasteiger partial charge in [-0.25, -0.2) is 4.39 Å². The molecule has 0 bridgehead atoms. The predicted molar refractivity (Wildman–Crippen MR) is 141 cm³/mol. The monoisotopic (exact) mass is 510 g/mol. The number of amides is 2. The van der Waals surface area contributed by atoms with E-state index in [0.717, 1.165) is 11.6 Å². The molecule has 2 aromatic carbocycles. The smallest absolute Gasteiger partial charge is 0.251 e. The van der Waals surface area contributed by atoms with Crippen molar-refractivity contribution in [2.24, 2.45) is 0 Å². The van der Waals surface area contributed by atoms with Crippen molar-refractivity contribution in [3.63, 3.8) is 0 Å². The third-order valence-electron chi connectivity index (χ3n) is 6.20. The number of nitrogens with one attached hydrogen (secondary N) is 1. The average Bonchev–Trinajstić information content (AvgIpc) is 2.82. The summed E-state index contributed by atoms with van der Waals surface area (Å²) in [5.41, 5.74) is 1.90. The van der Waals surface area contributed by atoms with Crippen molar-refractivity contribution < 1.29 is 28.9 Å². The molecule has 1 heterocycles. The molecule has 0 saturated carbocycles. The topological polar surface area (TPSA) is 99.1 Å². The summed E-state index contributed by atoms with van der Waals surface area (Å²) in [4.78, 5) is 28.1. The van der Waals surface area contributed by atoms with E-state index in [0.29, 0.717) is 29.9 Å². The minimum atomic E-state index is -1.10. The molecule has 2 unspecified atom stereocenters. The number of rotatable bonds is 8. The molecule has 8 heteroatoms. The zero-order chi connectivity index (χ0) is 27.3. The number of nitrogens with zero attached hydrogens (tertiary/aromatic N) is 1. The highest BCUT2D eigenvalue weighted by Crippen LogP contribution is 2.34. The van der Waals surface area contributed by atoms with E-state index in [-0.39, 0.29) is 18.0 Å². The second-order valence-electron chi connectivity index (χ2n) is 10.0. The SMILES string of the molecule is C=CC(O)/C=C(\O)CC(=O)N1CCc2cc(OCC)ccc2C1C(=O)Nc1ccc(C(C)(C)C)c(F)c1. The Morgan fingerprint density at radius 3 is 2.62 bits per heavy atom. The summed E-state index contributed by atoms with van der Waals surface area (Å²) in [7, 11) is 0. The predicted octanol–water partition coefficient (Wildman–Crippen LogP) is 4.97. The van der Waals surface area contributed by atoms with E-state index in [2.05, 4.69) is 11.9 Å². The van der Waals surface area contributed by atoms with E-state index < -0.39 is 41.6 Å². The molecule has 37 heavy (non-hydrogen) atoms. The number of hydrogen-bond acceptors (Lipinski definition) is 5. The first-order chi connectivity index (χ1) is 17.4. The Hall–Kier alpha value is -3.65. The fourth-order valence-corrected chi connectivity index (χ4v) is 4.40. The largest absolute Gasteiger partial charge is 0.512 e. The highest BCUT2D eigenvalue weighted by molar-refractivity contribution is 5.98. The summed E-state index contributed by atoms with van der Waals surface area (Å²) >= 11 is 0. The summed E-state index contributed by atoms with van der Waals surface area (Å²) < 4.78 is 20.4. The Morgan fingerprint density at radius 1 is 1.27 bits per heavy atom. The lowest BCUT2D eigenvalue weighted by molar-refractivity contribution is -0.139. The molecule has 0 aliphatic carbocycles. The van der Waals surface area contributed by atoms with Gasteiger partial charge in [-0.2, -0.15) is 0 Å². The molecule has 0 radical (unpaired) electrons. The first kappa shape index (κ1) is 27.9. The van der Waals surface area contributed by atoms with Crippen LogP contribution < -0.4 is 10.1 Å². The quantitative estimate of drug-likeness (QED) is 0.344. The van der Waals surface area contributed by atoms with Crippen LogP contribution in [0.15, 0.2) is 60.9 Å². The van der Waals surface area contributed by atoms with Gasteiger partial charge in [0.2, 0.25) is 5.91 Å². The van der Waals surface area contributed by atoms with Crippen LogP contribution in [0.1, 0.15) is 56.8 Å². The molecule has 198 valence electrons. The molecule has 1 aliphatic heterocycles. The summed E-state index contributed by atoms with van der Waals surface area (Å²) in [6.45, 7) is 11.7. The van der Waals surface area contributed by atoms with E-state index in [4.69, 9.17) is 4.74 Å². The molecule has 7 nitrogen and oxygen atoms in total. The van der Waals surface area contributed by atoms with Gasteiger partial charge in [-0.3, -0.25) is 9.59 Å². The Balaban J connectivity index is 1.94. The second-order valence-corrected chi connectivity index (χ2v) is 10.0. The van der Waals surface area contributed by atoms with Gasteiger partial charge in [0.25, 0.3) is 5.91 Å². The number of aliphatic hydroxyl groups excluding tert-OH is 2. The maximum absolute atomic E-state index is 14.8. The molecule has 0 fully saturated rings. The van der Waals surface area contributed by atoms with Crippen LogP contribution in [-0.4, -0.2) is 46.2 Å². The zero-order valence-corrected chi connectivity index (χ0v) is 21.8. The third kappa shape index (κ3) is 6.77. The van der Waals surface area contributed by atoms with Crippen LogP contribution in [0.3, 0.4) is 0 Å². The van der Waals surface area contributed by atoms with Crippen molar-refractivity contribution in [1.82, 2.24) is 4.90 Å². The van der Waals surface area contributed by atoms with E-state index >= 15 is 0 Å². The van der Waals surface area contributed by atoms with Gasteiger partial charge >= 0.3 is 0 Å². The molecule has 1 aliphatic rings. The number of hydrogen-bond donors (Lipinski definition) is 3. The van der Waals surface area contributed by atoms with E-state index in [1.54, 1.807) is 24.3 Å². The Bertz CT molecular complexity index is 1200. The normalized spacial score (nSPS) is 16.5. The van der Waals surface area contributed by atoms with Crippen molar-refractivity contribution in [3.8, 4) is 5.75 Å². The van der Waals surface area contributed by atoms with Gasteiger partial charge in [0.05, 0.1) is 19.1 Å². The van der Waals surface area contributed by atoms with Crippen molar-refractivity contribution in [2.45, 2.75) is 58.1 Å². The second kappa shape index (κ2) is 11.6. The third-order valence-corrected chi connectivity index (χ3v) is 6.20. The van der Waals surface area contributed by atoms with E-state index in [1.807, 2.05) is 33.8 Å². The van der Waals surface area contributed by atoms with E-state index in [1.165, 1.54) is 17.0 Å². The van der Waals surface area contributed by atoms with Crippen LogP contribution in [0.5, 0.6) is 5.75 Å². The number of anilines is 1. The fourth-order valence-electron chi connectivity index (χ4n) is 4.40. The standard InChI is InChI=1S/C29H35FN2O5/c1-6-20(33)16-21(34)17-26(35)32-13-12-18-14-22(37-7-2)9-10-23(18)27(32)28(36)31-19-8-11-24(25(30)15-19)29(3,4)5/h6,8-11,14-16,20,27,33-34H,1,7,12-13,17H2,2-5H3,(H,31,36)/b21-16-. The first-order valence-electron chi connectivity index (χ1n) is 12.3. The van der Waals surface area contributed by atoms with Gasteiger partial charge in [0.15, 0.2) is 0 Å². The van der Waals surface area contributed by atoms with Crippen molar-refractivity contribution in [1.29, 1.82) is 0 Å². The molecule has 0 saturated heterocycles. The summed E-state index contributed by atoms with van der Waals surface area (Å²) in [6.07, 6.45) is 1.33. The van der Waals surface area contributed by atoms with Crippen LogP contribution in [0.2, 0.25) is 0 Å². The molecule has 2 amide bonds. The lowest BCUT2D eigenvalue weighted by Crippen LogP contribution is -2.45. The van der Waals surface area contributed by atoms with Crippen molar-refractivity contribution in [3.05, 3.63) is 83.4 Å².